The first kappa shape index (κ1) is 29.5. The second kappa shape index (κ2) is 13.8. The summed E-state index contributed by atoms with van der Waals surface area (Å²) in [6.07, 6.45) is 7.84. The molecule has 0 aliphatic carbocycles. The summed E-state index contributed by atoms with van der Waals surface area (Å²) in [5.41, 5.74) is 5.68. The van der Waals surface area contributed by atoms with Crippen LogP contribution in [-0.4, -0.2) is 61.3 Å². The summed E-state index contributed by atoms with van der Waals surface area (Å²) >= 11 is 0. The van der Waals surface area contributed by atoms with Crippen molar-refractivity contribution in [3.05, 3.63) is 143 Å². The van der Waals surface area contributed by atoms with E-state index < -0.39 is 6.04 Å². The van der Waals surface area contributed by atoms with Crippen LogP contribution in [0.25, 0.3) is 11.8 Å². The molecule has 1 atom stereocenters. The molecule has 9 nitrogen and oxygen atoms in total. The van der Waals surface area contributed by atoms with E-state index in [1.807, 2.05) is 83.9 Å². The Hall–Kier alpha value is -5.57. The number of amides is 2. The van der Waals surface area contributed by atoms with Gasteiger partial charge < -0.3 is 14.5 Å². The number of fused-ring (bicyclic) bond motifs is 1. The van der Waals surface area contributed by atoms with Crippen molar-refractivity contribution in [1.29, 1.82) is 0 Å². The molecule has 0 N–H and O–H groups in total. The SMILES string of the molecule is COc1ccc(C=CC(=O)N(Cc2ccc(-n3cccn3)cc2)C(Cc2ccccc2)C(=O)N2CCc3ccccc3C2)nn1. The highest BCUT2D eigenvalue weighted by molar-refractivity contribution is 5.95. The molecule has 1 aliphatic rings. The lowest BCUT2D eigenvalue weighted by molar-refractivity contribution is -0.144. The molecule has 9 heteroatoms. The summed E-state index contributed by atoms with van der Waals surface area (Å²) in [6.45, 7) is 1.35. The fraction of sp³-hybridized carbons (Fsp3) is 0.194. The average molecular weight is 599 g/mol. The van der Waals surface area contributed by atoms with Crippen molar-refractivity contribution < 1.29 is 14.3 Å². The molecule has 226 valence electrons. The summed E-state index contributed by atoms with van der Waals surface area (Å²) in [7, 11) is 1.52. The van der Waals surface area contributed by atoms with Crippen LogP contribution in [0.4, 0.5) is 0 Å². The first-order valence-corrected chi connectivity index (χ1v) is 14.9. The minimum atomic E-state index is -0.734. The number of carbonyl (C=O) groups is 2. The number of hydrogen-bond acceptors (Lipinski definition) is 6. The Balaban J connectivity index is 1.33. The quantitative estimate of drug-likeness (QED) is 0.212. The van der Waals surface area contributed by atoms with E-state index >= 15 is 0 Å². The molecule has 2 aromatic heterocycles. The Morgan fingerprint density at radius 1 is 0.889 bits per heavy atom. The first-order chi connectivity index (χ1) is 22.1. The molecule has 3 heterocycles. The molecule has 0 saturated heterocycles. The van der Waals surface area contributed by atoms with Crippen LogP contribution >= 0.6 is 0 Å². The maximum Gasteiger partial charge on any atom is 0.247 e. The van der Waals surface area contributed by atoms with Gasteiger partial charge >= 0.3 is 0 Å². The Morgan fingerprint density at radius 2 is 1.67 bits per heavy atom. The van der Waals surface area contributed by atoms with E-state index in [1.54, 1.807) is 34.0 Å². The highest BCUT2D eigenvalue weighted by atomic mass is 16.5. The minimum absolute atomic E-state index is 0.0764. The van der Waals surface area contributed by atoms with Crippen LogP contribution in [0.2, 0.25) is 0 Å². The Kier molecular flexibility index (Phi) is 9.06. The Bertz CT molecular complexity index is 1750. The van der Waals surface area contributed by atoms with Gasteiger partial charge in [0.1, 0.15) is 6.04 Å². The topological polar surface area (TPSA) is 93.5 Å². The number of rotatable bonds is 10. The number of carbonyl (C=O) groups excluding carboxylic acids is 2. The van der Waals surface area contributed by atoms with Crippen LogP contribution in [0.5, 0.6) is 5.88 Å². The van der Waals surface area contributed by atoms with E-state index in [-0.39, 0.29) is 18.4 Å². The molecule has 0 fully saturated rings. The monoisotopic (exact) mass is 598 g/mol. The number of hydrogen-bond donors (Lipinski definition) is 0. The van der Waals surface area contributed by atoms with E-state index in [0.717, 1.165) is 28.8 Å². The highest BCUT2D eigenvalue weighted by Gasteiger charge is 2.34. The molecule has 1 unspecified atom stereocenters. The molecule has 5 aromatic rings. The molecule has 0 spiro atoms. The third-order valence-corrected chi connectivity index (χ3v) is 7.98. The second-order valence-corrected chi connectivity index (χ2v) is 10.9. The van der Waals surface area contributed by atoms with Crippen molar-refractivity contribution in [2.75, 3.05) is 13.7 Å². The van der Waals surface area contributed by atoms with Crippen molar-refractivity contribution in [3.63, 3.8) is 0 Å². The Labute approximate surface area is 262 Å². The van der Waals surface area contributed by atoms with Crippen molar-refractivity contribution in [1.82, 2.24) is 29.8 Å². The van der Waals surface area contributed by atoms with Gasteiger partial charge in [-0.3, -0.25) is 9.59 Å². The third-order valence-electron chi connectivity index (χ3n) is 7.98. The van der Waals surface area contributed by atoms with E-state index in [9.17, 15) is 9.59 Å². The van der Waals surface area contributed by atoms with E-state index in [2.05, 4.69) is 27.4 Å². The molecular weight excluding hydrogens is 564 g/mol. The van der Waals surface area contributed by atoms with Gasteiger partial charge in [-0.2, -0.15) is 5.10 Å². The highest BCUT2D eigenvalue weighted by Crippen LogP contribution is 2.23. The number of aromatic nitrogens is 4. The standard InChI is InChI=1S/C36H34N6O3/c1-45-34-18-14-31(38-39-34)15-19-35(43)41(25-28-12-16-32(17-13-28)42-22-7-21-37-42)33(24-27-8-3-2-4-9-27)36(44)40-23-20-29-10-5-6-11-30(29)26-40/h2-19,21-22,33H,20,23-26H2,1H3. The average Bonchev–Trinajstić information content (AvgIpc) is 3.64. The number of nitrogens with zero attached hydrogens (tertiary/aromatic N) is 6. The molecular formula is C36H34N6O3. The third kappa shape index (κ3) is 7.15. The molecule has 3 aromatic carbocycles. The molecule has 1 aliphatic heterocycles. The number of ether oxygens (including phenoxy) is 1. The number of benzene rings is 3. The molecule has 0 saturated carbocycles. The van der Waals surface area contributed by atoms with Crippen LogP contribution in [-0.2, 0) is 35.5 Å². The van der Waals surface area contributed by atoms with Crippen LogP contribution in [0.15, 0.2) is 116 Å². The lowest BCUT2D eigenvalue weighted by atomic mass is 9.97. The van der Waals surface area contributed by atoms with Crippen molar-refractivity contribution >= 4 is 17.9 Å². The van der Waals surface area contributed by atoms with Crippen molar-refractivity contribution in [2.45, 2.75) is 32.0 Å². The van der Waals surface area contributed by atoms with Gasteiger partial charge in [-0.1, -0.05) is 66.7 Å². The fourth-order valence-corrected chi connectivity index (χ4v) is 5.56. The molecule has 6 rings (SSSR count). The van der Waals surface area contributed by atoms with Gasteiger partial charge in [0, 0.05) is 50.6 Å². The maximum atomic E-state index is 14.5. The van der Waals surface area contributed by atoms with Gasteiger partial charge in [0.05, 0.1) is 18.5 Å². The van der Waals surface area contributed by atoms with Gasteiger partial charge in [0.25, 0.3) is 0 Å². The number of methoxy groups -OCH3 is 1. The van der Waals surface area contributed by atoms with Crippen LogP contribution in [0.1, 0.15) is 27.9 Å². The summed E-state index contributed by atoms with van der Waals surface area (Å²) in [4.78, 5) is 32.1. The van der Waals surface area contributed by atoms with Gasteiger partial charge in [-0.05, 0) is 59.0 Å². The predicted molar refractivity (Wildman–Crippen MR) is 171 cm³/mol. The van der Waals surface area contributed by atoms with Crippen molar-refractivity contribution in [2.24, 2.45) is 0 Å². The maximum absolute atomic E-state index is 14.5. The first-order valence-electron chi connectivity index (χ1n) is 14.9. The van der Waals surface area contributed by atoms with Crippen LogP contribution in [0, 0.1) is 0 Å². The predicted octanol–water partition coefficient (Wildman–Crippen LogP) is 4.91. The molecule has 2 amide bonds. The summed E-state index contributed by atoms with van der Waals surface area (Å²) in [5.74, 6) is 0.0123. The lowest BCUT2D eigenvalue weighted by Crippen LogP contribution is -2.52. The van der Waals surface area contributed by atoms with Gasteiger partial charge in [-0.15, -0.1) is 10.2 Å². The van der Waals surface area contributed by atoms with E-state index in [1.165, 1.54) is 18.7 Å². The lowest BCUT2D eigenvalue weighted by Gasteiger charge is -2.37. The van der Waals surface area contributed by atoms with E-state index in [4.69, 9.17) is 4.74 Å². The van der Waals surface area contributed by atoms with Gasteiger partial charge in [-0.25, -0.2) is 4.68 Å². The van der Waals surface area contributed by atoms with E-state index in [0.29, 0.717) is 31.1 Å². The van der Waals surface area contributed by atoms with Gasteiger partial charge in [0.2, 0.25) is 17.7 Å². The normalized spacial score (nSPS) is 13.3. The zero-order chi connectivity index (χ0) is 31.0. The molecule has 0 bridgehead atoms. The fourth-order valence-electron chi connectivity index (χ4n) is 5.56. The molecule has 45 heavy (non-hydrogen) atoms. The minimum Gasteiger partial charge on any atom is -0.480 e. The summed E-state index contributed by atoms with van der Waals surface area (Å²) in [6, 6.07) is 30.5. The van der Waals surface area contributed by atoms with Crippen LogP contribution < -0.4 is 4.74 Å². The molecule has 0 radical (unpaired) electrons. The van der Waals surface area contributed by atoms with Gasteiger partial charge in [0.15, 0.2) is 0 Å². The Morgan fingerprint density at radius 3 is 2.38 bits per heavy atom. The zero-order valence-electron chi connectivity index (χ0n) is 25.1. The summed E-state index contributed by atoms with van der Waals surface area (Å²) in [5, 5.41) is 12.4. The van der Waals surface area contributed by atoms with Crippen molar-refractivity contribution in [3.8, 4) is 11.6 Å². The summed E-state index contributed by atoms with van der Waals surface area (Å²) < 4.78 is 6.88. The largest absolute Gasteiger partial charge is 0.480 e. The second-order valence-electron chi connectivity index (χ2n) is 10.9. The van der Waals surface area contributed by atoms with Crippen LogP contribution in [0.3, 0.4) is 0 Å². The smallest absolute Gasteiger partial charge is 0.247 e. The zero-order valence-corrected chi connectivity index (χ0v) is 25.1.